The van der Waals surface area contributed by atoms with Crippen LogP contribution in [0.25, 0.3) is 0 Å². The van der Waals surface area contributed by atoms with Crippen LogP contribution in [-0.4, -0.2) is 57.0 Å². The van der Waals surface area contributed by atoms with E-state index >= 15 is 0 Å². The van der Waals surface area contributed by atoms with Gasteiger partial charge in [0.1, 0.15) is 6.04 Å². The van der Waals surface area contributed by atoms with Gasteiger partial charge in [-0.2, -0.15) is 0 Å². The number of thioether (sulfide) groups is 2. The van der Waals surface area contributed by atoms with E-state index < -0.39 is 36.4 Å². The fourth-order valence-corrected chi connectivity index (χ4v) is 7.05. The Morgan fingerprint density at radius 3 is 2.56 bits per heavy atom. The van der Waals surface area contributed by atoms with Crippen molar-refractivity contribution in [2.45, 2.75) is 77.2 Å². The number of carbonyl (C=O) groups excluding carboxylic acids is 2. The van der Waals surface area contributed by atoms with Crippen LogP contribution in [0.15, 0.2) is 21.9 Å². The van der Waals surface area contributed by atoms with Crippen LogP contribution >= 0.6 is 31.3 Å². The number of H-pyrrole nitrogens is 1. The second-order valence-electron chi connectivity index (χ2n) is 9.66. The summed E-state index contributed by atoms with van der Waals surface area (Å²) in [6.07, 6.45) is 2.45. The SMILES string of the molecule is CC(C)OC(=O)[C@H](C)NP(=O)(OCCSC(=O)C(C)(C)C)OC[C@@H]1CC[C@H](n2ccc(=O)[nH]c2=O)S1. The smallest absolute Gasteiger partial charge is 0.406 e. The minimum Gasteiger partial charge on any atom is -0.462 e. The van der Waals surface area contributed by atoms with E-state index in [0.717, 1.165) is 11.8 Å². The molecule has 0 radical (unpaired) electrons. The second-order valence-corrected chi connectivity index (χ2v) is 14.0. The average molecular weight is 566 g/mol. The van der Waals surface area contributed by atoms with E-state index in [1.165, 1.54) is 35.5 Å². The highest BCUT2D eigenvalue weighted by Crippen LogP contribution is 2.48. The van der Waals surface area contributed by atoms with Crippen LogP contribution < -0.4 is 16.3 Å². The van der Waals surface area contributed by atoms with Crippen molar-refractivity contribution in [1.82, 2.24) is 14.6 Å². The normalized spacial score (nSPS) is 20.8. The first-order chi connectivity index (χ1) is 16.7. The summed E-state index contributed by atoms with van der Waals surface area (Å²) in [7, 11) is -3.94. The molecule has 36 heavy (non-hydrogen) atoms. The molecule has 1 aliphatic rings. The van der Waals surface area contributed by atoms with Gasteiger partial charge in [-0.3, -0.25) is 33.0 Å². The second kappa shape index (κ2) is 13.4. The van der Waals surface area contributed by atoms with Gasteiger partial charge < -0.3 is 4.74 Å². The van der Waals surface area contributed by atoms with Crippen LogP contribution in [0, 0.1) is 5.41 Å². The van der Waals surface area contributed by atoms with Crippen LogP contribution in [0.2, 0.25) is 0 Å². The molecular formula is C22H36N3O8PS2. The van der Waals surface area contributed by atoms with Gasteiger partial charge in [-0.25, -0.2) is 14.4 Å². The topological polar surface area (TPSA) is 146 Å². The Hall–Kier alpha value is -1.37. The lowest BCUT2D eigenvalue weighted by atomic mass is 10.00. The van der Waals surface area contributed by atoms with E-state index in [2.05, 4.69) is 10.1 Å². The molecule has 1 fully saturated rings. The van der Waals surface area contributed by atoms with Gasteiger partial charge in [0.15, 0.2) is 5.12 Å². The van der Waals surface area contributed by atoms with Crippen molar-refractivity contribution >= 4 is 42.4 Å². The molecule has 0 spiro atoms. The predicted molar refractivity (Wildman–Crippen MR) is 141 cm³/mol. The molecular weight excluding hydrogens is 529 g/mol. The first kappa shape index (κ1) is 30.9. The minimum atomic E-state index is -3.94. The Balaban J connectivity index is 2.00. The molecule has 0 amide bonds. The first-order valence-electron chi connectivity index (χ1n) is 11.7. The molecule has 204 valence electrons. The summed E-state index contributed by atoms with van der Waals surface area (Å²) < 4.78 is 31.4. The maximum Gasteiger partial charge on any atom is 0.406 e. The zero-order valence-electron chi connectivity index (χ0n) is 21.5. The quantitative estimate of drug-likeness (QED) is 0.219. The highest BCUT2D eigenvalue weighted by Gasteiger charge is 2.34. The van der Waals surface area contributed by atoms with Crippen molar-refractivity contribution < 1.29 is 27.9 Å². The molecule has 2 N–H and O–H groups in total. The van der Waals surface area contributed by atoms with Crippen molar-refractivity contribution in [2.75, 3.05) is 19.0 Å². The van der Waals surface area contributed by atoms with Gasteiger partial charge in [0.2, 0.25) is 0 Å². The van der Waals surface area contributed by atoms with Crippen molar-refractivity contribution in [3.63, 3.8) is 0 Å². The van der Waals surface area contributed by atoms with Gasteiger partial charge in [-0.15, -0.1) is 11.8 Å². The Morgan fingerprint density at radius 1 is 1.25 bits per heavy atom. The molecule has 1 unspecified atom stereocenters. The molecule has 1 saturated heterocycles. The number of aromatic amines is 1. The summed E-state index contributed by atoms with van der Waals surface area (Å²) >= 11 is 2.54. The van der Waals surface area contributed by atoms with Gasteiger partial charge >= 0.3 is 19.4 Å². The summed E-state index contributed by atoms with van der Waals surface area (Å²) in [5.41, 5.74) is -1.46. The summed E-state index contributed by atoms with van der Waals surface area (Å²) in [4.78, 5) is 50.0. The van der Waals surface area contributed by atoms with Gasteiger partial charge in [0.05, 0.1) is 24.7 Å². The number of rotatable bonds is 12. The van der Waals surface area contributed by atoms with Crippen LogP contribution in [0.4, 0.5) is 0 Å². The molecule has 1 aromatic heterocycles. The summed E-state index contributed by atoms with van der Waals surface area (Å²) in [6, 6.07) is 0.337. The third kappa shape index (κ3) is 9.83. The third-order valence-corrected chi connectivity index (χ3v) is 9.42. The van der Waals surface area contributed by atoms with Crippen LogP contribution in [0.1, 0.15) is 59.8 Å². The molecule has 2 heterocycles. The standard InChI is InChI=1S/C22H36N3O8PS2/c1-14(2)33-19(27)15(3)24-34(30,31-11-12-35-20(28)22(4,5)6)32-13-16-7-8-18(36-16)25-10-9-17(26)23-21(25)29/h9-10,14-16,18H,7-8,11-13H2,1-6H3,(H,24,30)(H,23,26,29)/t15-,16-,18+,34?/m0/s1. The van der Waals surface area contributed by atoms with Gasteiger partial charge in [0.25, 0.3) is 5.56 Å². The van der Waals surface area contributed by atoms with Crippen molar-refractivity contribution in [1.29, 1.82) is 0 Å². The molecule has 0 aromatic carbocycles. The monoisotopic (exact) mass is 565 g/mol. The number of nitrogens with zero attached hydrogens (tertiary/aromatic N) is 1. The molecule has 0 bridgehead atoms. The summed E-state index contributed by atoms with van der Waals surface area (Å²) in [6.45, 7) is 10.4. The maximum atomic E-state index is 13.5. The third-order valence-electron chi connectivity index (χ3n) is 4.92. The lowest BCUT2D eigenvalue weighted by Gasteiger charge is -2.24. The fraction of sp³-hybridized carbons (Fsp3) is 0.727. The molecule has 11 nitrogen and oxygen atoms in total. The van der Waals surface area contributed by atoms with E-state index in [9.17, 15) is 23.7 Å². The molecule has 4 atom stereocenters. The Morgan fingerprint density at radius 2 is 1.94 bits per heavy atom. The van der Waals surface area contributed by atoms with Crippen LogP contribution in [0.5, 0.6) is 0 Å². The lowest BCUT2D eigenvalue weighted by molar-refractivity contribution is -0.149. The zero-order chi connectivity index (χ0) is 27.1. The zero-order valence-corrected chi connectivity index (χ0v) is 24.0. The first-order valence-corrected chi connectivity index (χ1v) is 15.2. The molecule has 1 aliphatic heterocycles. The van der Waals surface area contributed by atoms with E-state index in [1.807, 2.05) is 20.8 Å². The van der Waals surface area contributed by atoms with Gasteiger partial charge in [-0.05, 0) is 33.6 Å². The maximum absolute atomic E-state index is 13.5. The molecule has 1 aromatic rings. The van der Waals surface area contributed by atoms with Gasteiger partial charge in [0, 0.05) is 28.7 Å². The Kier molecular flexibility index (Phi) is 11.5. The highest BCUT2D eigenvalue weighted by atomic mass is 32.2. The van der Waals surface area contributed by atoms with E-state index in [4.69, 9.17) is 13.8 Å². The molecule has 2 rings (SSSR count). The molecule has 0 aliphatic carbocycles. The van der Waals surface area contributed by atoms with Crippen LogP contribution in [0.3, 0.4) is 0 Å². The molecule has 14 heteroatoms. The van der Waals surface area contributed by atoms with Crippen molar-refractivity contribution in [3.05, 3.63) is 33.1 Å². The number of esters is 1. The lowest BCUT2D eigenvalue weighted by Crippen LogP contribution is -2.36. The summed E-state index contributed by atoms with van der Waals surface area (Å²) in [5, 5.41) is 2.33. The number of aromatic nitrogens is 2. The fourth-order valence-electron chi connectivity index (χ4n) is 3.09. The van der Waals surface area contributed by atoms with Crippen molar-refractivity contribution in [3.8, 4) is 0 Å². The number of hydrogen-bond acceptors (Lipinski definition) is 10. The van der Waals surface area contributed by atoms with E-state index in [1.54, 1.807) is 13.8 Å². The number of ether oxygens (including phenoxy) is 1. The number of carbonyl (C=O) groups is 2. The van der Waals surface area contributed by atoms with E-state index in [0.29, 0.717) is 12.8 Å². The van der Waals surface area contributed by atoms with Crippen LogP contribution in [-0.2, 0) is 27.9 Å². The number of nitrogens with one attached hydrogen (secondary N) is 2. The Labute approximate surface area is 219 Å². The number of hydrogen-bond donors (Lipinski definition) is 2. The minimum absolute atomic E-state index is 0.0189. The predicted octanol–water partition coefficient (Wildman–Crippen LogP) is 3.31. The highest BCUT2D eigenvalue weighted by molar-refractivity contribution is 8.13. The largest absolute Gasteiger partial charge is 0.462 e. The van der Waals surface area contributed by atoms with Crippen molar-refractivity contribution in [2.24, 2.45) is 5.41 Å². The van der Waals surface area contributed by atoms with E-state index in [-0.39, 0.29) is 40.8 Å². The average Bonchev–Trinajstić information content (AvgIpc) is 3.23. The van der Waals surface area contributed by atoms with Gasteiger partial charge in [-0.1, -0.05) is 32.5 Å². The summed E-state index contributed by atoms with van der Waals surface area (Å²) in [5.74, 6) is -0.326. The Bertz CT molecular complexity index is 1070. The molecule has 0 saturated carbocycles.